The van der Waals surface area contributed by atoms with Crippen molar-refractivity contribution in [1.29, 1.82) is 0 Å². The van der Waals surface area contributed by atoms with Gasteiger partial charge in [0.25, 0.3) is 0 Å². The fourth-order valence-electron chi connectivity index (χ4n) is 1.69. The van der Waals surface area contributed by atoms with Gasteiger partial charge in [0.2, 0.25) is 5.91 Å². The fourth-order valence-corrected chi connectivity index (χ4v) is 1.69. The first kappa shape index (κ1) is 11.6. The average Bonchev–Trinajstić information content (AvgIpc) is 3.19. The van der Waals surface area contributed by atoms with Crippen molar-refractivity contribution in [2.75, 3.05) is 6.54 Å². The minimum atomic E-state index is 0.206. The summed E-state index contributed by atoms with van der Waals surface area (Å²) in [5.74, 6) is 0.454. The number of hydrogen-bond donors (Lipinski definition) is 0. The van der Waals surface area contributed by atoms with Crippen molar-refractivity contribution in [3.63, 3.8) is 0 Å². The third-order valence-electron chi connectivity index (χ3n) is 2.84. The van der Waals surface area contributed by atoms with Crippen LogP contribution in [0.25, 0.3) is 6.08 Å². The maximum absolute atomic E-state index is 11.8. The van der Waals surface area contributed by atoms with Crippen molar-refractivity contribution in [1.82, 2.24) is 4.90 Å². The molecule has 1 aromatic carbocycles. The van der Waals surface area contributed by atoms with Crippen molar-refractivity contribution in [2.24, 2.45) is 5.92 Å². The summed E-state index contributed by atoms with van der Waals surface area (Å²) in [4.78, 5) is 13.5. The molecule has 2 rings (SSSR count). The van der Waals surface area contributed by atoms with Gasteiger partial charge in [-0.3, -0.25) is 4.79 Å². The molecule has 1 amide bonds. The van der Waals surface area contributed by atoms with E-state index in [1.54, 1.807) is 11.1 Å². The SMILES string of the molecule is C=CN(CC=Cc1ccccc1)C(=O)C1CC1. The minimum absolute atomic E-state index is 0.206. The molecule has 0 unspecified atom stereocenters. The second kappa shape index (κ2) is 5.48. The molecule has 1 fully saturated rings. The van der Waals surface area contributed by atoms with E-state index in [1.165, 1.54) is 0 Å². The Kier molecular flexibility index (Phi) is 3.76. The lowest BCUT2D eigenvalue weighted by molar-refractivity contribution is -0.129. The average molecular weight is 227 g/mol. The second-order valence-electron chi connectivity index (χ2n) is 4.26. The Bertz CT molecular complexity index is 418. The van der Waals surface area contributed by atoms with Crippen LogP contribution in [0.4, 0.5) is 0 Å². The lowest BCUT2D eigenvalue weighted by Crippen LogP contribution is -2.26. The summed E-state index contributed by atoms with van der Waals surface area (Å²) in [5, 5.41) is 0. The van der Waals surface area contributed by atoms with E-state index in [0.717, 1.165) is 18.4 Å². The van der Waals surface area contributed by atoms with E-state index in [9.17, 15) is 4.79 Å². The summed E-state index contributed by atoms with van der Waals surface area (Å²) >= 11 is 0. The van der Waals surface area contributed by atoms with E-state index in [4.69, 9.17) is 0 Å². The molecule has 0 spiro atoms. The van der Waals surface area contributed by atoms with Crippen LogP contribution in [0, 0.1) is 5.92 Å². The molecule has 0 bridgehead atoms. The number of carbonyl (C=O) groups is 1. The summed E-state index contributed by atoms with van der Waals surface area (Å²) in [5.41, 5.74) is 1.15. The molecule has 88 valence electrons. The Hall–Kier alpha value is -1.83. The third kappa shape index (κ3) is 3.31. The van der Waals surface area contributed by atoms with Gasteiger partial charge in [-0.1, -0.05) is 49.1 Å². The highest BCUT2D eigenvalue weighted by Crippen LogP contribution is 2.31. The number of hydrogen-bond acceptors (Lipinski definition) is 1. The Morgan fingerprint density at radius 1 is 1.35 bits per heavy atom. The van der Waals surface area contributed by atoms with Crippen molar-refractivity contribution in [3.05, 3.63) is 54.8 Å². The third-order valence-corrected chi connectivity index (χ3v) is 2.84. The first-order chi connectivity index (χ1) is 8.31. The molecule has 0 radical (unpaired) electrons. The van der Waals surface area contributed by atoms with E-state index in [1.807, 2.05) is 42.5 Å². The van der Waals surface area contributed by atoms with E-state index >= 15 is 0 Å². The number of carbonyl (C=O) groups excluding carboxylic acids is 1. The summed E-state index contributed by atoms with van der Waals surface area (Å²) in [7, 11) is 0. The second-order valence-corrected chi connectivity index (χ2v) is 4.26. The largest absolute Gasteiger partial charge is 0.316 e. The van der Waals surface area contributed by atoms with Gasteiger partial charge in [0, 0.05) is 12.5 Å². The van der Waals surface area contributed by atoms with Gasteiger partial charge in [0.05, 0.1) is 0 Å². The molecule has 0 saturated heterocycles. The topological polar surface area (TPSA) is 20.3 Å². The molecule has 0 N–H and O–H groups in total. The van der Waals surface area contributed by atoms with Crippen LogP contribution < -0.4 is 0 Å². The first-order valence-electron chi connectivity index (χ1n) is 5.96. The van der Waals surface area contributed by atoms with Gasteiger partial charge < -0.3 is 4.90 Å². The normalized spacial score (nSPS) is 14.8. The molecule has 0 aromatic heterocycles. The Morgan fingerprint density at radius 2 is 2.06 bits per heavy atom. The van der Waals surface area contributed by atoms with Gasteiger partial charge >= 0.3 is 0 Å². The van der Waals surface area contributed by atoms with E-state index in [2.05, 4.69) is 6.58 Å². The van der Waals surface area contributed by atoms with E-state index in [-0.39, 0.29) is 11.8 Å². The van der Waals surface area contributed by atoms with Crippen LogP contribution in [0.3, 0.4) is 0 Å². The van der Waals surface area contributed by atoms with Gasteiger partial charge in [-0.25, -0.2) is 0 Å². The Labute approximate surface area is 102 Å². The fraction of sp³-hybridized carbons (Fsp3) is 0.267. The standard InChI is InChI=1S/C15H17NO/c1-2-16(15(17)14-10-11-14)12-6-9-13-7-4-3-5-8-13/h2-9,14H,1,10-12H2. The van der Waals surface area contributed by atoms with Gasteiger partial charge in [-0.2, -0.15) is 0 Å². The zero-order valence-corrected chi connectivity index (χ0v) is 9.88. The van der Waals surface area contributed by atoms with Crippen molar-refractivity contribution in [2.45, 2.75) is 12.8 Å². The molecular formula is C15H17NO. The minimum Gasteiger partial charge on any atom is -0.316 e. The van der Waals surface area contributed by atoms with Gasteiger partial charge in [0.1, 0.15) is 0 Å². The first-order valence-corrected chi connectivity index (χ1v) is 5.96. The lowest BCUT2D eigenvalue weighted by atomic mass is 10.2. The molecule has 1 aliphatic rings. The predicted octanol–water partition coefficient (Wildman–Crippen LogP) is 3.08. The maximum atomic E-state index is 11.8. The monoisotopic (exact) mass is 227 g/mol. The van der Waals surface area contributed by atoms with Crippen molar-refractivity contribution >= 4 is 12.0 Å². The van der Waals surface area contributed by atoms with Gasteiger partial charge in [-0.15, -0.1) is 0 Å². The Morgan fingerprint density at radius 3 is 2.65 bits per heavy atom. The summed E-state index contributed by atoms with van der Waals surface area (Å²) in [6.07, 6.45) is 7.71. The van der Waals surface area contributed by atoms with Gasteiger partial charge in [0.15, 0.2) is 0 Å². The molecule has 0 atom stereocenters. The van der Waals surface area contributed by atoms with E-state index < -0.39 is 0 Å². The van der Waals surface area contributed by atoms with Crippen LogP contribution in [-0.4, -0.2) is 17.4 Å². The van der Waals surface area contributed by atoms with Crippen molar-refractivity contribution < 1.29 is 4.79 Å². The van der Waals surface area contributed by atoms with Crippen molar-refractivity contribution in [3.8, 4) is 0 Å². The number of amides is 1. The molecule has 0 aliphatic heterocycles. The molecule has 1 aromatic rings. The number of nitrogens with zero attached hydrogens (tertiary/aromatic N) is 1. The maximum Gasteiger partial charge on any atom is 0.229 e. The lowest BCUT2D eigenvalue weighted by Gasteiger charge is -2.15. The molecule has 1 saturated carbocycles. The highest BCUT2D eigenvalue weighted by Gasteiger charge is 2.32. The van der Waals surface area contributed by atoms with Crippen LogP contribution in [-0.2, 0) is 4.79 Å². The molecule has 17 heavy (non-hydrogen) atoms. The smallest absolute Gasteiger partial charge is 0.229 e. The number of rotatable bonds is 5. The molecule has 1 aliphatic carbocycles. The van der Waals surface area contributed by atoms with Crippen LogP contribution in [0.2, 0.25) is 0 Å². The number of benzene rings is 1. The summed E-state index contributed by atoms with van der Waals surface area (Å²) in [6.45, 7) is 4.29. The van der Waals surface area contributed by atoms with Gasteiger partial charge in [-0.05, 0) is 24.6 Å². The molecule has 0 heterocycles. The highest BCUT2D eigenvalue weighted by molar-refractivity contribution is 5.82. The van der Waals surface area contributed by atoms with Crippen LogP contribution in [0.15, 0.2) is 49.2 Å². The molecular weight excluding hydrogens is 210 g/mol. The zero-order chi connectivity index (χ0) is 12.1. The zero-order valence-electron chi connectivity index (χ0n) is 9.88. The summed E-state index contributed by atoms with van der Waals surface area (Å²) < 4.78 is 0. The highest BCUT2D eigenvalue weighted by atomic mass is 16.2. The van der Waals surface area contributed by atoms with Crippen LogP contribution in [0.1, 0.15) is 18.4 Å². The Balaban J connectivity index is 1.89. The quantitative estimate of drug-likeness (QED) is 0.757. The van der Waals surface area contributed by atoms with Crippen LogP contribution >= 0.6 is 0 Å². The molecule has 2 heteroatoms. The molecule has 2 nitrogen and oxygen atoms in total. The van der Waals surface area contributed by atoms with Crippen LogP contribution in [0.5, 0.6) is 0 Å². The predicted molar refractivity (Wildman–Crippen MR) is 70.1 cm³/mol. The summed E-state index contributed by atoms with van der Waals surface area (Å²) in [6, 6.07) is 10.1. The van der Waals surface area contributed by atoms with E-state index in [0.29, 0.717) is 6.54 Å².